The average Bonchev–Trinajstić information content (AvgIpc) is 3.30. The molecule has 1 aliphatic heterocycles. The van der Waals surface area contributed by atoms with Crippen LogP contribution in [0.4, 0.5) is 16.0 Å². The Morgan fingerprint density at radius 3 is 2.73 bits per heavy atom. The van der Waals surface area contributed by atoms with Crippen LogP contribution in [0.1, 0.15) is 24.1 Å². The molecule has 4 aromatic rings. The van der Waals surface area contributed by atoms with Crippen molar-refractivity contribution in [1.82, 2.24) is 14.8 Å². The summed E-state index contributed by atoms with van der Waals surface area (Å²) in [5, 5.41) is 11.9. The number of halogens is 2. The van der Waals surface area contributed by atoms with E-state index in [0.717, 1.165) is 5.56 Å². The zero-order valence-corrected chi connectivity index (χ0v) is 21.6. The maximum absolute atomic E-state index is 13.7. The third-order valence-corrected chi connectivity index (χ3v) is 7.14. The normalized spacial score (nSPS) is 14.6. The second kappa shape index (κ2) is 10.7. The van der Waals surface area contributed by atoms with E-state index in [1.165, 1.54) is 23.9 Å². The van der Waals surface area contributed by atoms with Crippen LogP contribution in [-0.4, -0.2) is 27.8 Å². The molecule has 1 amide bonds. The number of carbonyl (C=O) groups is 1. The summed E-state index contributed by atoms with van der Waals surface area (Å²) in [7, 11) is 1.55. The first-order valence-corrected chi connectivity index (χ1v) is 12.8. The van der Waals surface area contributed by atoms with Gasteiger partial charge < -0.3 is 15.4 Å². The van der Waals surface area contributed by atoms with Crippen LogP contribution >= 0.6 is 23.4 Å². The van der Waals surface area contributed by atoms with E-state index in [2.05, 4.69) is 15.6 Å². The topological polar surface area (TPSA) is 81.1 Å². The van der Waals surface area contributed by atoms with Crippen molar-refractivity contribution in [1.29, 1.82) is 0 Å². The summed E-state index contributed by atoms with van der Waals surface area (Å²) >= 11 is 7.99. The molecule has 188 valence electrons. The summed E-state index contributed by atoms with van der Waals surface area (Å²) in [6.45, 7) is 1.82. The van der Waals surface area contributed by atoms with E-state index in [1.54, 1.807) is 36.1 Å². The van der Waals surface area contributed by atoms with Crippen molar-refractivity contribution in [3.05, 3.63) is 106 Å². The van der Waals surface area contributed by atoms with Crippen molar-refractivity contribution >= 4 is 40.9 Å². The third-order valence-electron chi connectivity index (χ3n) is 5.89. The molecule has 37 heavy (non-hydrogen) atoms. The van der Waals surface area contributed by atoms with Gasteiger partial charge in [0.05, 0.1) is 18.4 Å². The number of para-hydroxylation sites is 2. The number of anilines is 2. The van der Waals surface area contributed by atoms with E-state index in [9.17, 15) is 9.18 Å². The molecule has 0 fully saturated rings. The fourth-order valence-corrected chi connectivity index (χ4v) is 5.19. The number of amides is 1. The maximum Gasteiger partial charge on any atom is 0.255 e. The summed E-state index contributed by atoms with van der Waals surface area (Å²) < 4.78 is 20.7. The van der Waals surface area contributed by atoms with Gasteiger partial charge in [0.25, 0.3) is 5.91 Å². The van der Waals surface area contributed by atoms with E-state index in [-0.39, 0.29) is 11.7 Å². The molecule has 0 radical (unpaired) electrons. The number of methoxy groups -OCH3 is 1. The number of allylic oxidation sites excluding steroid dienone is 1. The van der Waals surface area contributed by atoms with Gasteiger partial charge in [0.1, 0.15) is 17.6 Å². The lowest BCUT2D eigenvalue weighted by molar-refractivity contribution is -0.113. The monoisotopic (exact) mass is 535 g/mol. The van der Waals surface area contributed by atoms with Gasteiger partial charge in [-0.3, -0.25) is 4.79 Å². The Balaban J connectivity index is 1.51. The number of hydrogen-bond donors (Lipinski definition) is 2. The summed E-state index contributed by atoms with van der Waals surface area (Å²) in [5.74, 6) is 0.907. The lowest BCUT2D eigenvalue weighted by atomic mass is 9.95. The molecule has 0 saturated heterocycles. The molecule has 0 aliphatic carbocycles. The molecule has 0 spiro atoms. The first-order valence-electron chi connectivity index (χ1n) is 11.4. The molecule has 0 saturated carbocycles. The van der Waals surface area contributed by atoms with Crippen molar-refractivity contribution in [2.75, 3.05) is 17.7 Å². The molecule has 2 heterocycles. The number of thioether (sulfide) groups is 1. The standard InChI is InChI=1S/C27H23ClFN5O2S/c1-16-23(25(35)31-21-12-5-6-13-22(21)36-2)24(19-10-3-4-11-20(19)28)34-26(30-16)32-27(33-34)37-15-17-8-7-9-18(29)14-17/h3-14,24H,15H2,1-2H3,(H,31,35)(H,30,32,33)/t24-/m1/s1. The largest absolute Gasteiger partial charge is 0.495 e. The van der Waals surface area contributed by atoms with Crippen LogP contribution in [0.2, 0.25) is 5.02 Å². The number of ether oxygens (including phenoxy) is 1. The van der Waals surface area contributed by atoms with Gasteiger partial charge >= 0.3 is 0 Å². The molecule has 7 nitrogen and oxygen atoms in total. The van der Waals surface area contributed by atoms with Crippen LogP contribution in [0, 0.1) is 5.82 Å². The minimum absolute atomic E-state index is 0.291. The van der Waals surface area contributed by atoms with Gasteiger partial charge in [0.2, 0.25) is 11.1 Å². The second-order valence-electron chi connectivity index (χ2n) is 8.32. The minimum Gasteiger partial charge on any atom is -0.495 e. The van der Waals surface area contributed by atoms with E-state index >= 15 is 0 Å². The third kappa shape index (κ3) is 5.19. The van der Waals surface area contributed by atoms with Crippen molar-refractivity contribution < 1.29 is 13.9 Å². The van der Waals surface area contributed by atoms with Crippen LogP contribution in [0.3, 0.4) is 0 Å². The van der Waals surface area contributed by atoms with Crippen LogP contribution in [0.5, 0.6) is 5.75 Å². The van der Waals surface area contributed by atoms with Gasteiger partial charge in [-0.2, -0.15) is 4.98 Å². The Morgan fingerprint density at radius 2 is 1.95 bits per heavy atom. The first-order chi connectivity index (χ1) is 17.9. The molecule has 1 atom stereocenters. The molecule has 1 aliphatic rings. The second-order valence-corrected chi connectivity index (χ2v) is 9.67. The van der Waals surface area contributed by atoms with E-state index in [0.29, 0.717) is 50.2 Å². The smallest absolute Gasteiger partial charge is 0.255 e. The van der Waals surface area contributed by atoms with Crippen LogP contribution in [0.15, 0.2) is 89.2 Å². The van der Waals surface area contributed by atoms with Gasteiger partial charge in [-0.05, 0) is 42.8 Å². The summed E-state index contributed by atoms with van der Waals surface area (Å²) in [6.07, 6.45) is 0. The Labute approximate surface area is 222 Å². The highest BCUT2D eigenvalue weighted by Gasteiger charge is 2.35. The molecule has 2 N–H and O–H groups in total. The maximum atomic E-state index is 13.7. The van der Waals surface area contributed by atoms with Gasteiger partial charge in [0, 0.05) is 22.0 Å². The Morgan fingerprint density at radius 1 is 1.16 bits per heavy atom. The van der Waals surface area contributed by atoms with Crippen molar-refractivity contribution in [3.63, 3.8) is 0 Å². The van der Waals surface area contributed by atoms with Gasteiger partial charge in [0.15, 0.2) is 0 Å². The SMILES string of the molecule is COc1ccccc1NC(=O)C1=C(C)Nc2nc(SCc3cccc(F)c3)nn2[C@@H]1c1ccccc1Cl. The Kier molecular flexibility index (Phi) is 7.16. The number of benzene rings is 3. The highest BCUT2D eigenvalue weighted by atomic mass is 35.5. The number of carbonyl (C=O) groups excluding carboxylic acids is 1. The highest BCUT2D eigenvalue weighted by molar-refractivity contribution is 7.98. The minimum atomic E-state index is -0.629. The van der Waals surface area contributed by atoms with Crippen LogP contribution in [-0.2, 0) is 10.5 Å². The van der Waals surface area contributed by atoms with E-state index in [4.69, 9.17) is 21.4 Å². The molecule has 0 bridgehead atoms. The molecular formula is C27H23ClFN5O2S. The number of nitrogens with zero attached hydrogens (tertiary/aromatic N) is 3. The van der Waals surface area contributed by atoms with Crippen LogP contribution in [0.25, 0.3) is 0 Å². The average molecular weight is 536 g/mol. The number of nitrogens with one attached hydrogen (secondary N) is 2. The summed E-state index contributed by atoms with van der Waals surface area (Å²) in [5.41, 5.74) is 3.14. The van der Waals surface area contributed by atoms with Gasteiger partial charge in [-0.1, -0.05) is 65.8 Å². The lowest BCUT2D eigenvalue weighted by Gasteiger charge is -2.29. The van der Waals surface area contributed by atoms with Crippen molar-refractivity contribution in [3.8, 4) is 5.75 Å². The number of hydrogen-bond acceptors (Lipinski definition) is 6. The molecule has 5 rings (SSSR count). The lowest BCUT2D eigenvalue weighted by Crippen LogP contribution is -2.31. The predicted molar refractivity (Wildman–Crippen MR) is 144 cm³/mol. The Bertz CT molecular complexity index is 1510. The van der Waals surface area contributed by atoms with Crippen molar-refractivity contribution in [2.45, 2.75) is 23.9 Å². The van der Waals surface area contributed by atoms with Gasteiger partial charge in [-0.15, -0.1) is 5.10 Å². The van der Waals surface area contributed by atoms with E-state index < -0.39 is 6.04 Å². The van der Waals surface area contributed by atoms with Crippen molar-refractivity contribution in [2.24, 2.45) is 0 Å². The Hall–Kier alpha value is -3.82. The fraction of sp³-hybridized carbons (Fsp3) is 0.148. The fourth-order valence-electron chi connectivity index (χ4n) is 4.18. The molecule has 0 unspecified atom stereocenters. The number of fused-ring (bicyclic) bond motifs is 1. The molecule has 1 aromatic heterocycles. The van der Waals surface area contributed by atoms with E-state index in [1.807, 2.05) is 43.3 Å². The zero-order chi connectivity index (χ0) is 25.9. The molecule has 3 aromatic carbocycles. The number of rotatable bonds is 7. The van der Waals surface area contributed by atoms with Crippen LogP contribution < -0.4 is 15.4 Å². The van der Waals surface area contributed by atoms with Gasteiger partial charge in [-0.25, -0.2) is 9.07 Å². The zero-order valence-electron chi connectivity index (χ0n) is 20.0. The quantitative estimate of drug-likeness (QED) is 0.270. The first kappa shape index (κ1) is 24.9. The number of aromatic nitrogens is 3. The molecular weight excluding hydrogens is 513 g/mol. The summed E-state index contributed by atoms with van der Waals surface area (Å²) in [6, 6.07) is 20.3. The summed E-state index contributed by atoms with van der Waals surface area (Å²) in [4.78, 5) is 18.3. The molecule has 10 heteroatoms. The highest BCUT2D eigenvalue weighted by Crippen LogP contribution is 2.39. The predicted octanol–water partition coefficient (Wildman–Crippen LogP) is 6.30.